The number of allylic oxidation sites excluding steroid dienone is 2. The zero-order valence-electron chi connectivity index (χ0n) is 11.8. The fourth-order valence-electron chi connectivity index (χ4n) is 2.00. The smallest absolute Gasteiger partial charge is 0.0351 e. The van der Waals surface area contributed by atoms with Crippen LogP contribution in [0.5, 0.6) is 0 Å². The molecule has 0 aliphatic rings. The molecule has 0 saturated heterocycles. The van der Waals surface area contributed by atoms with Crippen LogP contribution in [0.15, 0.2) is 12.2 Å². The van der Waals surface area contributed by atoms with E-state index in [2.05, 4.69) is 26.0 Å². The number of unbranched alkanes of at least 4 members (excludes halogenated alkanes) is 11. The highest BCUT2D eigenvalue weighted by atomic mass is 13.9. The molecular weight excluding hydrogens is 204 g/mol. The van der Waals surface area contributed by atoms with E-state index >= 15 is 0 Å². The first-order valence-electron chi connectivity index (χ1n) is 7.65. The zero-order chi connectivity index (χ0) is 12.6. The van der Waals surface area contributed by atoms with Gasteiger partial charge in [0.25, 0.3) is 0 Å². The molecule has 0 nitrogen and oxygen atoms in total. The molecule has 0 aliphatic carbocycles. The highest BCUT2D eigenvalue weighted by molar-refractivity contribution is 4.81. The van der Waals surface area contributed by atoms with E-state index in [4.69, 9.17) is 0 Å². The maximum atomic E-state index is 3.87. The first kappa shape index (κ1) is 16.7. The molecule has 0 spiro atoms. The predicted molar refractivity (Wildman–Crippen MR) is 79.9 cm³/mol. The molecule has 0 amide bonds. The minimum Gasteiger partial charge on any atom is -0.0885 e. The number of hydrogen-bond acceptors (Lipinski definition) is 0. The number of hydrogen-bond donors (Lipinski definition) is 0. The van der Waals surface area contributed by atoms with Crippen LogP contribution in [-0.4, -0.2) is 0 Å². The second-order valence-electron chi connectivity index (χ2n) is 4.94. The molecule has 0 heterocycles. The molecule has 0 bridgehead atoms. The van der Waals surface area contributed by atoms with Crippen molar-refractivity contribution in [1.82, 2.24) is 0 Å². The Morgan fingerprint density at radius 1 is 0.471 bits per heavy atom. The Labute approximate surface area is 110 Å². The summed E-state index contributed by atoms with van der Waals surface area (Å²) in [6.07, 6.45) is 21.8. The van der Waals surface area contributed by atoms with E-state index in [1.807, 2.05) is 0 Å². The Morgan fingerprint density at radius 2 is 0.824 bits per heavy atom. The molecule has 0 aromatic rings. The Bertz CT molecular complexity index is 146. The van der Waals surface area contributed by atoms with Gasteiger partial charge in [0.15, 0.2) is 0 Å². The summed E-state index contributed by atoms with van der Waals surface area (Å²) in [4.78, 5) is 0. The third kappa shape index (κ3) is 15.7. The summed E-state index contributed by atoms with van der Waals surface area (Å²) in [6, 6.07) is 0. The van der Waals surface area contributed by atoms with Crippen molar-refractivity contribution in [2.45, 2.75) is 83.5 Å². The molecule has 0 aromatic carbocycles. The molecule has 0 saturated carbocycles. The van der Waals surface area contributed by atoms with Gasteiger partial charge < -0.3 is 0 Å². The van der Waals surface area contributed by atoms with Gasteiger partial charge in [0.1, 0.15) is 0 Å². The highest BCUT2D eigenvalue weighted by Gasteiger charge is 1.89. The quantitative estimate of drug-likeness (QED) is 0.261. The third-order valence-electron chi connectivity index (χ3n) is 3.16. The van der Waals surface area contributed by atoms with Crippen LogP contribution in [0, 0.1) is 13.8 Å². The lowest BCUT2D eigenvalue weighted by atomic mass is 10.1. The Hall–Kier alpha value is -0.260. The average Bonchev–Trinajstić information content (AvgIpc) is 2.35. The normalized spacial score (nSPS) is 11.4. The summed E-state index contributed by atoms with van der Waals surface area (Å²) in [5, 5.41) is 0. The minimum absolute atomic E-state index is 1.10. The van der Waals surface area contributed by atoms with Gasteiger partial charge in [-0.05, 0) is 25.7 Å². The maximum Gasteiger partial charge on any atom is -0.0351 e. The van der Waals surface area contributed by atoms with Crippen molar-refractivity contribution in [2.24, 2.45) is 0 Å². The van der Waals surface area contributed by atoms with E-state index in [-0.39, 0.29) is 0 Å². The fourth-order valence-corrected chi connectivity index (χ4v) is 2.00. The van der Waals surface area contributed by atoms with E-state index in [0.29, 0.717) is 0 Å². The van der Waals surface area contributed by atoms with Crippen LogP contribution < -0.4 is 0 Å². The minimum atomic E-state index is 1.10. The second-order valence-corrected chi connectivity index (χ2v) is 4.94. The Kier molecular flexibility index (Phi) is 15.5. The molecule has 2 radical (unpaired) electrons. The fraction of sp³-hybridized carbons (Fsp3) is 0.765. The lowest BCUT2D eigenvalue weighted by molar-refractivity contribution is 0.620. The van der Waals surface area contributed by atoms with Crippen LogP contribution in [-0.2, 0) is 0 Å². The van der Waals surface area contributed by atoms with E-state index in [1.54, 1.807) is 0 Å². The summed E-state index contributed by atoms with van der Waals surface area (Å²) in [5.74, 6) is 0. The predicted octanol–water partition coefficient (Wildman–Crippen LogP) is 6.28. The van der Waals surface area contributed by atoms with Crippen molar-refractivity contribution < 1.29 is 0 Å². The molecule has 0 unspecified atom stereocenters. The van der Waals surface area contributed by atoms with Gasteiger partial charge in [-0.2, -0.15) is 0 Å². The summed E-state index contributed by atoms with van der Waals surface area (Å²) < 4.78 is 0. The summed E-state index contributed by atoms with van der Waals surface area (Å²) >= 11 is 0. The van der Waals surface area contributed by atoms with Gasteiger partial charge in [0.2, 0.25) is 0 Å². The highest BCUT2D eigenvalue weighted by Crippen LogP contribution is 2.08. The van der Waals surface area contributed by atoms with E-state index in [9.17, 15) is 0 Å². The van der Waals surface area contributed by atoms with Crippen molar-refractivity contribution in [2.75, 3.05) is 0 Å². The summed E-state index contributed by atoms with van der Waals surface area (Å²) in [7, 11) is 0. The molecule has 0 aliphatic heterocycles. The van der Waals surface area contributed by atoms with Crippen molar-refractivity contribution in [3.63, 3.8) is 0 Å². The molecule has 0 aromatic heterocycles. The van der Waals surface area contributed by atoms with Crippen LogP contribution >= 0.6 is 0 Å². The van der Waals surface area contributed by atoms with Gasteiger partial charge in [-0.3, -0.25) is 0 Å². The number of rotatable bonds is 13. The lowest BCUT2D eigenvalue weighted by Gasteiger charge is -1.98. The lowest BCUT2D eigenvalue weighted by Crippen LogP contribution is -1.78. The van der Waals surface area contributed by atoms with Crippen molar-refractivity contribution in [1.29, 1.82) is 0 Å². The summed E-state index contributed by atoms with van der Waals surface area (Å²) in [6.45, 7) is 7.73. The maximum absolute atomic E-state index is 3.87. The molecule has 0 fully saturated rings. The topological polar surface area (TPSA) is 0 Å². The van der Waals surface area contributed by atoms with Crippen LogP contribution in [0.4, 0.5) is 0 Å². The monoisotopic (exact) mass is 236 g/mol. The molecule has 0 N–H and O–H groups in total. The zero-order valence-corrected chi connectivity index (χ0v) is 11.8. The van der Waals surface area contributed by atoms with Gasteiger partial charge in [0, 0.05) is 0 Å². The first-order valence-corrected chi connectivity index (χ1v) is 7.65. The van der Waals surface area contributed by atoms with E-state index < -0.39 is 0 Å². The Morgan fingerprint density at radius 3 is 1.24 bits per heavy atom. The van der Waals surface area contributed by atoms with Crippen molar-refractivity contribution >= 4 is 0 Å². The standard InChI is InChI=1S/C17H32/c1-3-5-7-9-11-13-15-17-16-14-12-10-8-6-4-2/h15,17H,1-14,16H2. The molecule has 0 atom stereocenters. The van der Waals surface area contributed by atoms with Gasteiger partial charge >= 0.3 is 0 Å². The van der Waals surface area contributed by atoms with Gasteiger partial charge in [0.05, 0.1) is 0 Å². The molecular formula is C17H32. The van der Waals surface area contributed by atoms with Gasteiger partial charge in [-0.1, -0.05) is 83.8 Å². The van der Waals surface area contributed by atoms with Crippen LogP contribution in [0.2, 0.25) is 0 Å². The van der Waals surface area contributed by atoms with E-state index in [0.717, 1.165) is 12.8 Å². The van der Waals surface area contributed by atoms with Gasteiger partial charge in [-0.25, -0.2) is 0 Å². The molecule has 17 heavy (non-hydrogen) atoms. The van der Waals surface area contributed by atoms with Crippen molar-refractivity contribution in [3.05, 3.63) is 26.0 Å². The van der Waals surface area contributed by atoms with Crippen molar-refractivity contribution in [3.8, 4) is 0 Å². The third-order valence-corrected chi connectivity index (χ3v) is 3.16. The van der Waals surface area contributed by atoms with Gasteiger partial charge in [-0.15, -0.1) is 0 Å². The second kappa shape index (κ2) is 15.7. The molecule has 0 heteroatoms. The van der Waals surface area contributed by atoms with E-state index in [1.165, 1.54) is 70.6 Å². The first-order chi connectivity index (χ1) is 8.41. The van der Waals surface area contributed by atoms with Crippen LogP contribution in [0.25, 0.3) is 0 Å². The summed E-state index contributed by atoms with van der Waals surface area (Å²) in [5.41, 5.74) is 0. The Balaban J connectivity index is 2.99. The largest absolute Gasteiger partial charge is 0.0885 e. The van der Waals surface area contributed by atoms with Crippen LogP contribution in [0.3, 0.4) is 0 Å². The molecule has 0 rings (SSSR count). The van der Waals surface area contributed by atoms with Crippen LogP contribution in [0.1, 0.15) is 83.5 Å². The average molecular weight is 236 g/mol. The SMILES string of the molecule is [CH2]CCCCCCC=CCCCCCCC[CH2]. The molecule has 100 valence electrons.